The largest absolute Gasteiger partial charge is 0.378 e. The summed E-state index contributed by atoms with van der Waals surface area (Å²) in [6.45, 7) is 10.5. The normalized spacial score (nSPS) is 22.2. The van der Waals surface area contributed by atoms with E-state index in [0.717, 1.165) is 37.4 Å². The van der Waals surface area contributed by atoms with Crippen LogP contribution in [0.25, 0.3) is 0 Å². The molecule has 2 fully saturated rings. The number of piperidine rings is 1. The van der Waals surface area contributed by atoms with Crippen molar-refractivity contribution in [2.24, 2.45) is 0 Å². The Labute approximate surface area is 170 Å². The molecule has 0 bridgehead atoms. The zero-order chi connectivity index (χ0) is 20.4. The molecule has 0 spiro atoms. The molecule has 4 rings (SSSR count). The first-order valence-electron chi connectivity index (χ1n) is 10.5. The first kappa shape index (κ1) is 20.0. The van der Waals surface area contributed by atoms with E-state index in [9.17, 15) is 4.79 Å². The summed E-state index contributed by atoms with van der Waals surface area (Å²) in [5.41, 5.74) is 1.62. The Morgan fingerprint density at radius 1 is 1.24 bits per heavy atom. The molecule has 0 unspecified atom stereocenters. The highest BCUT2D eigenvalue weighted by Gasteiger charge is 2.32. The van der Waals surface area contributed by atoms with Gasteiger partial charge in [0.25, 0.3) is 5.91 Å². The Hall–Kier alpha value is -2.26. The lowest BCUT2D eigenvalue weighted by Crippen LogP contribution is -2.41. The number of carbonyl (C=O) groups excluding carboxylic acids is 1. The van der Waals surface area contributed by atoms with E-state index in [1.165, 1.54) is 0 Å². The number of aromatic amines is 1. The third-order valence-electron chi connectivity index (χ3n) is 5.94. The maximum Gasteiger partial charge on any atom is 0.257 e. The molecule has 2 aromatic rings. The topological polar surface area (TPSA) is 100 Å². The van der Waals surface area contributed by atoms with Crippen LogP contribution < -0.4 is 0 Å². The first-order valence-corrected chi connectivity index (χ1v) is 10.5. The summed E-state index contributed by atoms with van der Waals surface area (Å²) in [5.74, 6) is 1.91. The van der Waals surface area contributed by atoms with Crippen molar-refractivity contribution in [3.05, 3.63) is 29.2 Å². The van der Waals surface area contributed by atoms with Gasteiger partial charge in [-0.05, 0) is 26.3 Å². The summed E-state index contributed by atoms with van der Waals surface area (Å²) >= 11 is 0. The van der Waals surface area contributed by atoms with Crippen LogP contribution in [0.15, 0.2) is 10.7 Å². The van der Waals surface area contributed by atoms with Gasteiger partial charge in [0, 0.05) is 31.5 Å². The number of carbonyl (C=O) groups is 1. The van der Waals surface area contributed by atoms with E-state index in [2.05, 4.69) is 46.0 Å². The quantitative estimate of drug-likeness (QED) is 0.819. The number of morpholine rings is 1. The van der Waals surface area contributed by atoms with Crippen LogP contribution >= 0.6 is 0 Å². The van der Waals surface area contributed by atoms with E-state index in [0.29, 0.717) is 37.8 Å². The highest BCUT2D eigenvalue weighted by atomic mass is 16.5. The van der Waals surface area contributed by atoms with Crippen molar-refractivity contribution in [1.82, 2.24) is 30.1 Å². The predicted octanol–water partition coefficient (Wildman–Crippen LogP) is 2.33. The number of nitrogens with one attached hydrogen (secondary N) is 1. The zero-order valence-corrected chi connectivity index (χ0v) is 17.4. The van der Waals surface area contributed by atoms with Crippen LogP contribution in [0.3, 0.4) is 0 Å². The second kappa shape index (κ2) is 8.62. The van der Waals surface area contributed by atoms with E-state index in [-0.39, 0.29) is 23.8 Å². The number of ether oxygens (including phenoxy) is 1. The Morgan fingerprint density at radius 2 is 2.03 bits per heavy atom. The molecule has 2 aliphatic heterocycles. The fraction of sp³-hybridized carbons (Fsp3) is 0.700. The summed E-state index contributed by atoms with van der Waals surface area (Å²) in [6, 6.07) is 0.0408. The molecule has 29 heavy (non-hydrogen) atoms. The minimum Gasteiger partial charge on any atom is -0.378 e. The molecule has 2 aromatic heterocycles. The number of nitrogens with zero attached hydrogens (tertiary/aromatic N) is 5. The highest BCUT2D eigenvalue weighted by Crippen LogP contribution is 2.32. The minimum atomic E-state index is 0.0408. The molecule has 2 atom stereocenters. The van der Waals surface area contributed by atoms with Crippen molar-refractivity contribution in [3.63, 3.8) is 0 Å². The molecule has 0 aromatic carbocycles. The fourth-order valence-electron chi connectivity index (χ4n) is 4.12. The highest BCUT2D eigenvalue weighted by molar-refractivity contribution is 5.95. The summed E-state index contributed by atoms with van der Waals surface area (Å²) in [7, 11) is 0. The molecule has 0 aliphatic carbocycles. The summed E-state index contributed by atoms with van der Waals surface area (Å²) in [5, 5.41) is 11.4. The van der Waals surface area contributed by atoms with E-state index in [4.69, 9.17) is 9.26 Å². The van der Waals surface area contributed by atoms with E-state index in [1.807, 2.05) is 4.90 Å². The maximum absolute atomic E-state index is 13.0. The van der Waals surface area contributed by atoms with E-state index >= 15 is 0 Å². The molecule has 2 aliphatic rings. The van der Waals surface area contributed by atoms with Gasteiger partial charge in [-0.2, -0.15) is 10.1 Å². The van der Waals surface area contributed by atoms with Crippen molar-refractivity contribution in [3.8, 4) is 0 Å². The standard InChI is InChI=1S/C20H30N6O3/c1-13(2)18-22-19(29-24-18)14(3)26-6-4-5-15(12-26)17-16(11-21-23-17)20(27)25-7-9-28-10-8-25/h11,13-15H,4-10,12H2,1-3H3,(H,21,23)/t14-,15-/m1/s1. The second-order valence-electron chi connectivity index (χ2n) is 8.26. The molecular formula is C20H30N6O3. The Bertz CT molecular complexity index is 826. The molecule has 9 nitrogen and oxygen atoms in total. The van der Waals surface area contributed by atoms with Gasteiger partial charge >= 0.3 is 0 Å². The third kappa shape index (κ3) is 4.20. The Morgan fingerprint density at radius 3 is 2.76 bits per heavy atom. The van der Waals surface area contributed by atoms with Gasteiger partial charge in [0.15, 0.2) is 5.82 Å². The van der Waals surface area contributed by atoms with Crippen LogP contribution in [0.2, 0.25) is 0 Å². The van der Waals surface area contributed by atoms with Crippen molar-refractivity contribution in [2.75, 3.05) is 39.4 Å². The Kier molecular flexibility index (Phi) is 5.96. The van der Waals surface area contributed by atoms with Crippen molar-refractivity contribution in [2.45, 2.75) is 51.5 Å². The van der Waals surface area contributed by atoms with Crippen LogP contribution in [0.1, 0.15) is 79.3 Å². The molecular weight excluding hydrogens is 372 g/mol. The SMILES string of the molecule is CC(C)c1noc([C@@H](C)N2CCC[C@@H](c3[nH]ncc3C(=O)N3CCOCC3)C2)n1. The lowest BCUT2D eigenvalue weighted by Gasteiger charge is -2.35. The Balaban J connectivity index is 1.47. The molecule has 1 amide bonds. The van der Waals surface area contributed by atoms with Gasteiger partial charge in [-0.3, -0.25) is 14.8 Å². The average molecular weight is 402 g/mol. The smallest absolute Gasteiger partial charge is 0.257 e. The summed E-state index contributed by atoms with van der Waals surface area (Å²) in [4.78, 5) is 21.8. The van der Waals surface area contributed by atoms with Gasteiger partial charge in [0.1, 0.15) is 0 Å². The number of rotatable bonds is 5. The third-order valence-corrected chi connectivity index (χ3v) is 5.94. The first-order chi connectivity index (χ1) is 14.0. The van der Waals surface area contributed by atoms with Crippen LogP contribution in [0.4, 0.5) is 0 Å². The molecule has 0 radical (unpaired) electrons. The van der Waals surface area contributed by atoms with Gasteiger partial charge in [0.05, 0.1) is 36.7 Å². The lowest BCUT2D eigenvalue weighted by molar-refractivity contribution is 0.0301. The number of H-pyrrole nitrogens is 1. The van der Waals surface area contributed by atoms with Crippen molar-refractivity contribution < 1.29 is 14.1 Å². The van der Waals surface area contributed by atoms with Crippen LogP contribution in [-0.2, 0) is 4.74 Å². The number of likely N-dealkylation sites (tertiary alicyclic amines) is 1. The van der Waals surface area contributed by atoms with Crippen LogP contribution in [0, 0.1) is 0 Å². The zero-order valence-electron chi connectivity index (χ0n) is 17.4. The van der Waals surface area contributed by atoms with Gasteiger partial charge in [-0.25, -0.2) is 0 Å². The second-order valence-corrected chi connectivity index (χ2v) is 8.26. The van der Waals surface area contributed by atoms with Gasteiger partial charge < -0.3 is 14.2 Å². The van der Waals surface area contributed by atoms with Crippen molar-refractivity contribution >= 4 is 5.91 Å². The fourth-order valence-corrected chi connectivity index (χ4v) is 4.12. The number of hydrogen-bond donors (Lipinski definition) is 1. The molecule has 158 valence electrons. The maximum atomic E-state index is 13.0. The minimum absolute atomic E-state index is 0.0408. The number of amides is 1. The van der Waals surface area contributed by atoms with Crippen molar-refractivity contribution in [1.29, 1.82) is 0 Å². The monoisotopic (exact) mass is 402 g/mol. The molecule has 1 N–H and O–H groups in total. The predicted molar refractivity (Wildman–Crippen MR) is 106 cm³/mol. The van der Waals surface area contributed by atoms with Crippen LogP contribution in [-0.4, -0.2) is 75.4 Å². The molecule has 2 saturated heterocycles. The molecule has 9 heteroatoms. The van der Waals surface area contributed by atoms with E-state index < -0.39 is 0 Å². The van der Waals surface area contributed by atoms with Gasteiger partial charge in [-0.1, -0.05) is 19.0 Å². The summed E-state index contributed by atoms with van der Waals surface area (Å²) in [6.07, 6.45) is 3.74. The number of aromatic nitrogens is 4. The lowest BCUT2D eigenvalue weighted by atomic mass is 9.91. The van der Waals surface area contributed by atoms with Gasteiger partial charge in [0.2, 0.25) is 5.89 Å². The van der Waals surface area contributed by atoms with E-state index in [1.54, 1.807) is 6.20 Å². The molecule has 0 saturated carbocycles. The molecule has 4 heterocycles. The summed E-state index contributed by atoms with van der Waals surface area (Å²) < 4.78 is 10.9. The van der Waals surface area contributed by atoms with Gasteiger partial charge in [-0.15, -0.1) is 0 Å². The average Bonchev–Trinajstić information content (AvgIpc) is 3.43. The van der Waals surface area contributed by atoms with Crippen LogP contribution in [0.5, 0.6) is 0 Å². The number of hydrogen-bond acceptors (Lipinski definition) is 7.